The van der Waals surface area contributed by atoms with Gasteiger partial charge in [0, 0.05) is 6.17 Å². The van der Waals surface area contributed by atoms with Crippen LogP contribution in [0, 0.1) is 0 Å². The van der Waals surface area contributed by atoms with Gasteiger partial charge in [0.1, 0.15) is 8.07 Å². The Morgan fingerprint density at radius 2 is 1.24 bits per heavy atom. The fraction of sp³-hybridized carbons (Fsp3) is 0.368. The smallest absolute Gasteiger partial charge is 0.128 e. The molecule has 0 aromatic heterocycles. The van der Waals surface area contributed by atoms with Crippen molar-refractivity contribution in [3.05, 3.63) is 60.7 Å². The minimum atomic E-state index is -1.66. The van der Waals surface area contributed by atoms with E-state index < -0.39 is 8.07 Å². The van der Waals surface area contributed by atoms with Crippen molar-refractivity contribution in [1.29, 1.82) is 0 Å². The van der Waals surface area contributed by atoms with Gasteiger partial charge in [0.25, 0.3) is 0 Å². The first kappa shape index (κ1) is 14.5. The van der Waals surface area contributed by atoms with Crippen LogP contribution >= 0.6 is 0 Å². The third-order valence-corrected chi connectivity index (χ3v) is 9.11. The Bertz CT molecular complexity index is 507. The first-order chi connectivity index (χ1) is 10.3. The fourth-order valence-electron chi connectivity index (χ4n) is 3.53. The van der Waals surface area contributed by atoms with Crippen molar-refractivity contribution in [1.82, 2.24) is 4.90 Å². The maximum atomic E-state index is 2.70. The van der Waals surface area contributed by atoms with E-state index in [-0.39, 0.29) is 0 Å². The average Bonchev–Trinajstić information content (AvgIpc) is 2.57. The number of hydrogen-bond acceptors (Lipinski definition) is 1. The lowest BCUT2D eigenvalue weighted by Crippen LogP contribution is -2.63. The lowest BCUT2D eigenvalue weighted by Gasteiger charge is -2.36. The van der Waals surface area contributed by atoms with Crippen molar-refractivity contribution < 1.29 is 0 Å². The van der Waals surface area contributed by atoms with E-state index >= 15 is 0 Å². The van der Waals surface area contributed by atoms with E-state index in [1.807, 2.05) is 0 Å². The van der Waals surface area contributed by atoms with E-state index in [9.17, 15) is 0 Å². The molecule has 2 heteroatoms. The molecule has 21 heavy (non-hydrogen) atoms. The lowest BCUT2D eigenvalue weighted by atomic mass is 10.1. The Morgan fingerprint density at radius 3 is 1.71 bits per heavy atom. The molecule has 0 N–H and O–H groups in total. The summed E-state index contributed by atoms with van der Waals surface area (Å²) in [4.78, 5) is 2.70. The molecule has 0 bridgehead atoms. The normalized spacial score (nSPS) is 16.8. The molecule has 0 amide bonds. The Morgan fingerprint density at radius 1 is 0.762 bits per heavy atom. The SMILES string of the molecule is C[Si](CN1CCCCC1)(c1ccccc1)c1ccccc1. The van der Waals surface area contributed by atoms with E-state index in [2.05, 4.69) is 72.1 Å². The molecule has 0 aliphatic carbocycles. The van der Waals surface area contributed by atoms with Gasteiger partial charge >= 0.3 is 0 Å². The Kier molecular flexibility index (Phi) is 4.56. The standard InChI is InChI=1S/C19H25NSi/c1-21(18-11-5-2-6-12-18,19-13-7-3-8-14-19)17-20-15-9-4-10-16-20/h2-3,5-8,11-14H,4,9-10,15-17H2,1H3. The summed E-state index contributed by atoms with van der Waals surface area (Å²) < 4.78 is 0. The van der Waals surface area contributed by atoms with Crippen molar-refractivity contribution in [3.8, 4) is 0 Å². The van der Waals surface area contributed by atoms with E-state index in [1.54, 1.807) is 10.4 Å². The number of benzene rings is 2. The molecule has 0 radical (unpaired) electrons. The van der Waals surface area contributed by atoms with Crippen molar-refractivity contribution in [2.24, 2.45) is 0 Å². The number of likely N-dealkylation sites (tertiary alicyclic amines) is 1. The van der Waals surface area contributed by atoms with Crippen LogP contribution < -0.4 is 10.4 Å². The van der Waals surface area contributed by atoms with Crippen LogP contribution in [0.3, 0.4) is 0 Å². The first-order valence-corrected chi connectivity index (χ1v) is 10.8. The second kappa shape index (κ2) is 6.59. The van der Waals surface area contributed by atoms with Gasteiger partial charge in [-0.3, -0.25) is 0 Å². The van der Waals surface area contributed by atoms with Gasteiger partial charge in [0.05, 0.1) is 0 Å². The van der Waals surface area contributed by atoms with Gasteiger partial charge in [-0.2, -0.15) is 0 Å². The Hall–Kier alpha value is -1.38. The molecule has 2 aromatic rings. The first-order valence-electron chi connectivity index (χ1n) is 8.12. The Balaban J connectivity index is 1.94. The molecule has 1 fully saturated rings. The summed E-state index contributed by atoms with van der Waals surface area (Å²) in [5, 5.41) is 3.11. The molecule has 0 saturated carbocycles. The molecule has 2 aromatic carbocycles. The molecule has 3 rings (SSSR count). The largest absolute Gasteiger partial charge is 0.305 e. The minimum Gasteiger partial charge on any atom is -0.305 e. The van der Waals surface area contributed by atoms with Gasteiger partial charge in [-0.1, -0.05) is 84.0 Å². The summed E-state index contributed by atoms with van der Waals surface area (Å²) in [5.41, 5.74) is 0. The number of piperidine rings is 1. The zero-order chi connectivity index (χ0) is 14.5. The number of nitrogens with zero attached hydrogens (tertiary/aromatic N) is 1. The summed E-state index contributed by atoms with van der Waals surface area (Å²) in [6.45, 7) is 5.09. The molecule has 1 aliphatic rings. The van der Waals surface area contributed by atoms with Crippen LogP contribution in [0.4, 0.5) is 0 Å². The predicted molar refractivity (Wildman–Crippen MR) is 94.1 cm³/mol. The molecule has 1 saturated heterocycles. The van der Waals surface area contributed by atoms with Crippen molar-refractivity contribution in [2.45, 2.75) is 25.8 Å². The molecule has 0 atom stereocenters. The monoisotopic (exact) mass is 295 g/mol. The van der Waals surface area contributed by atoms with Gasteiger partial charge in [0.15, 0.2) is 0 Å². The van der Waals surface area contributed by atoms with E-state index in [0.29, 0.717) is 0 Å². The van der Waals surface area contributed by atoms with Crippen LogP contribution in [0.2, 0.25) is 6.55 Å². The van der Waals surface area contributed by atoms with Crippen LogP contribution in [0.15, 0.2) is 60.7 Å². The third-order valence-electron chi connectivity index (χ3n) is 4.81. The van der Waals surface area contributed by atoms with Crippen LogP contribution in [-0.4, -0.2) is 32.2 Å². The van der Waals surface area contributed by atoms with Crippen LogP contribution in [0.1, 0.15) is 19.3 Å². The molecular formula is C19H25NSi. The van der Waals surface area contributed by atoms with Gasteiger partial charge < -0.3 is 4.90 Å². The van der Waals surface area contributed by atoms with Crippen LogP contribution in [0.5, 0.6) is 0 Å². The molecule has 110 valence electrons. The van der Waals surface area contributed by atoms with Gasteiger partial charge in [-0.15, -0.1) is 0 Å². The highest BCUT2D eigenvalue weighted by Crippen LogP contribution is 2.14. The second-order valence-electron chi connectivity index (χ2n) is 6.40. The lowest BCUT2D eigenvalue weighted by molar-refractivity contribution is 0.260. The van der Waals surface area contributed by atoms with E-state index in [4.69, 9.17) is 0 Å². The molecule has 1 aliphatic heterocycles. The zero-order valence-electron chi connectivity index (χ0n) is 13.0. The highest BCUT2D eigenvalue weighted by Gasteiger charge is 2.33. The summed E-state index contributed by atoms with van der Waals surface area (Å²) >= 11 is 0. The van der Waals surface area contributed by atoms with Gasteiger partial charge in [-0.05, 0) is 25.9 Å². The van der Waals surface area contributed by atoms with Crippen LogP contribution in [0.25, 0.3) is 0 Å². The summed E-state index contributed by atoms with van der Waals surface area (Å²) in [7, 11) is -1.66. The quantitative estimate of drug-likeness (QED) is 0.784. The highest BCUT2D eigenvalue weighted by atomic mass is 28.3. The number of hydrogen-bond donors (Lipinski definition) is 0. The second-order valence-corrected chi connectivity index (χ2v) is 10.5. The van der Waals surface area contributed by atoms with Gasteiger partial charge in [-0.25, -0.2) is 0 Å². The average molecular weight is 296 g/mol. The van der Waals surface area contributed by atoms with Crippen molar-refractivity contribution >= 4 is 18.4 Å². The van der Waals surface area contributed by atoms with E-state index in [0.717, 1.165) is 0 Å². The fourth-order valence-corrected chi connectivity index (χ4v) is 7.29. The molecular weight excluding hydrogens is 270 g/mol. The van der Waals surface area contributed by atoms with Crippen LogP contribution in [-0.2, 0) is 0 Å². The molecule has 1 heterocycles. The predicted octanol–water partition coefficient (Wildman–Crippen LogP) is 2.90. The summed E-state index contributed by atoms with van der Waals surface area (Å²) in [6, 6.07) is 22.4. The van der Waals surface area contributed by atoms with Gasteiger partial charge in [0.2, 0.25) is 0 Å². The maximum absolute atomic E-state index is 2.70. The Labute approximate surface area is 129 Å². The van der Waals surface area contributed by atoms with Crippen molar-refractivity contribution in [3.63, 3.8) is 0 Å². The minimum absolute atomic E-state index is 1.25. The number of rotatable bonds is 4. The molecule has 0 spiro atoms. The topological polar surface area (TPSA) is 3.24 Å². The summed E-state index contributed by atoms with van der Waals surface area (Å²) in [5.74, 6) is 0. The maximum Gasteiger partial charge on any atom is 0.128 e. The molecule has 1 nitrogen and oxygen atoms in total. The summed E-state index contributed by atoms with van der Waals surface area (Å²) in [6.07, 6.45) is 5.40. The highest BCUT2D eigenvalue weighted by molar-refractivity contribution is 7.01. The van der Waals surface area contributed by atoms with Crippen molar-refractivity contribution in [2.75, 3.05) is 19.3 Å². The zero-order valence-corrected chi connectivity index (χ0v) is 14.0. The molecule has 0 unspecified atom stereocenters. The van der Waals surface area contributed by atoms with E-state index in [1.165, 1.54) is 38.5 Å². The third kappa shape index (κ3) is 3.28.